The monoisotopic (exact) mass is 185 g/mol. The molecule has 3 heteroatoms. The van der Waals surface area contributed by atoms with Gasteiger partial charge in [0, 0.05) is 13.2 Å². The number of rotatable bonds is 9. The van der Waals surface area contributed by atoms with Crippen LogP contribution in [0, 0.1) is 0 Å². The molecule has 0 bridgehead atoms. The van der Waals surface area contributed by atoms with E-state index in [0.29, 0.717) is 13.5 Å². The Kier molecular flexibility index (Phi) is 10.1. The van der Waals surface area contributed by atoms with Crippen LogP contribution in [0.4, 0.5) is 0 Å². The highest BCUT2D eigenvalue weighted by molar-refractivity contribution is 6.51. The van der Waals surface area contributed by atoms with E-state index in [1.165, 1.54) is 38.3 Å². The van der Waals surface area contributed by atoms with Crippen molar-refractivity contribution in [2.24, 2.45) is 5.73 Å². The van der Waals surface area contributed by atoms with Gasteiger partial charge in [0.25, 0.3) is 6.92 Å². The molecular formula is C10H24BNO. The van der Waals surface area contributed by atoms with Crippen LogP contribution in [0.5, 0.6) is 0 Å². The van der Waals surface area contributed by atoms with Crippen LogP contribution in [0.3, 0.4) is 0 Å². The molecule has 0 aromatic heterocycles. The van der Waals surface area contributed by atoms with Crippen molar-refractivity contribution in [1.29, 1.82) is 0 Å². The smallest absolute Gasteiger partial charge is 0.293 e. The standard InChI is InChI=1S/C10H24BNO/c1-3-5-7-11(8-6-4-2)13-10-9-12/h3-10,12H2,1-2H3. The van der Waals surface area contributed by atoms with Crippen molar-refractivity contribution in [2.75, 3.05) is 13.2 Å². The molecule has 0 aliphatic carbocycles. The van der Waals surface area contributed by atoms with Gasteiger partial charge >= 0.3 is 0 Å². The molecule has 0 spiro atoms. The first-order valence-corrected chi connectivity index (χ1v) is 5.66. The van der Waals surface area contributed by atoms with Gasteiger partial charge in [0.05, 0.1) is 0 Å². The second-order valence-corrected chi connectivity index (χ2v) is 3.57. The maximum atomic E-state index is 5.67. The van der Waals surface area contributed by atoms with Gasteiger partial charge in [0.2, 0.25) is 0 Å². The largest absolute Gasteiger partial charge is 0.435 e. The molecule has 13 heavy (non-hydrogen) atoms. The van der Waals surface area contributed by atoms with E-state index < -0.39 is 0 Å². The zero-order valence-corrected chi connectivity index (χ0v) is 9.22. The molecule has 0 saturated heterocycles. The average molecular weight is 185 g/mol. The highest BCUT2D eigenvalue weighted by atomic mass is 16.4. The third-order valence-corrected chi connectivity index (χ3v) is 2.23. The van der Waals surface area contributed by atoms with Crippen molar-refractivity contribution in [3.8, 4) is 0 Å². The van der Waals surface area contributed by atoms with E-state index in [0.717, 1.165) is 6.61 Å². The Morgan fingerprint density at radius 3 is 2.00 bits per heavy atom. The molecule has 0 atom stereocenters. The minimum absolute atomic E-state index is 0.462. The van der Waals surface area contributed by atoms with Gasteiger partial charge in [-0.25, -0.2) is 0 Å². The maximum absolute atomic E-state index is 5.67. The SMILES string of the molecule is CCCCB(CCCC)OCCN. The van der Waals surface area contributed by atoms with E-state index >= 15 is 0 Å². The molecule has 0 heterocycles. The summed E-state index contributed by atoms with van der Waals surface area (Å²) in [5.74, 6) is 0. The summed E-state index contributed by atoms with van der Waals surface area (Å²) in [7, 11) is 0. The highest BCUT2D eigenvalue weighted by Gasteiger charge is 2.13. The van der Waals surface area contributed by atoms with Crippen LogP contribution < -0.4 is 5.73 Å². The fraction of sp³-hybridized carbons (Fsp3) is 1.00. The molecule has 0 fully saturated rings. The summed E-state index contributed by atoms with van der Waals surface area (Å²) in [6.45, 7) is 6.27. The maximum Gasteiger partial charge on any atom is 0.293 e. The summed E-state index contributed by atoms with van der Waals surface area (Å²) < 4.78 is 5.67. The Morgan fingerprint density at radius 2 is 1.62 bits per heavy atom. The number of unbranched alkanes of at least 4 members (excludes halogenated alkanes) is 2. The van der Waals surface area contributed by atoms with E-state index in [4.69, 9.17) is 10.4 Å². The van der Waals surface area contributed by atoms with Crippen LogP contribution in [-0.2, 0) is 4.65 Å². The minimum atomic E-state index is 0.462. The first-order chi connectivity index (χ1) is 6.35. The molecule has 2 N–H and O–H groups in total. The topological polar surface area (TPSA) is 35.2 Å². The van der Waals surface area contributed by atoms with Crippen LogP contribution in [0.1, 0.15) is 39.5 Å². The molecular weight excluding hydrogens is 161 g/mol. The summed E-state index contributed by atoms with van der Waals surface area (Å²) in [5.41, 5.74) is 5.41. The Bertz CT molecular complexity index is 81.9. The molecule has 0 aliphatic heterocycles. The highest BCUT2D eigenvalue weighted by Crippen LogP contribution is 2.10. The quantitative estimate of drug-likeness (QED) is 0.560. The zero-order valence-electron chi connectivity index (χ0n) is 9.22. The third-order valence-electron chi connectivity index (χ3n) is 2.23. The van der Waals surface area contributed by atoms with Crippen LogP contribution in [0.15, 0.2) is 0 Å². The molecule has 0 aromatic carbocycles. The lowest BCUT2D eigenvalue weighted by Gasteiger charge is -2.12. The van der Waals surface area contributed by atoms with Crippen molar-refractivity contribution in [3.05, 3.63) is 0 Å². The first-order valence-electron chi connectivity index (χ1n) is 5.66. The Morgan fingerprint density at radius 1 is 1.08 bits per heavy atom. The lowest BCUT2D eigenvalue weighted by atomic mass is 9.59. The summed E-state index contributed by atoms with van der Waals surface area (Å²) in [5, 5.41) is 0. The summed E-state index contributed by atoms with van der Waals surface area (Å²) in [6.07, 6.45) is 7.48. The van der Waals surface area contributed by atoms with Crippen LogP contribution in [0.2, 0.25) is 12.6 Å². The molecule has 0 aromatic rings. The van der Waals surface area contributed by atoms with Crippen molar-refractivity contribution < 1.29 is 4.65 Å². The van der Waals surface area contributed by atoms with Gasteiger partial charge in [0.1, 0.15) is 0 Å². The van der Waals surface area contributed by atoms with E-state index in [1.807, 2.05) is 0 Å². The summed E-state index contributed by atoms with van der Waals surface area (Å²) in [6, 6.07) is 0. The van der Waals surface area contributed by atoms with E-state index in [9.17, 15) is 0 Å². The molecule has 0 saturated carbocycles. The molecule has 0 aliphatic rings. The van der Waals surface area contributed by atoms with Gasteiger partial charge in [-0.2, -0.15) is 0 Å². The van der Waals surface area contributed by atoms with Gasteiger partial charge in [0.15, 0.2) is 0 Å². The normalized spacial score (nSPS) is 10.4. The molecule has 2 nitrogen and oxygen atoms in total. The van der Waals surface area contributed by atoms with E-state index in [1.54, 1.807) is 0 Å². The van der Waals surface area contributed by atoms with Gasteiger partial charge < -0.3 is 10.4 Å². The van der Waals surface area contributed by atoms with Crippen molar-refractivity contribution in [1.82, 2.24) is 0 Å². The fourth-order valence-corrected chi connectivity index (χ4v) is 1.41. The molecule has 0 unspecified atom stereocenters. The van der Waals surface area contributed by atoms with Gasteiger partial charge in [-0.05, 0) is 12.6 Å². The molecule has 0 rings (SSSR count). The number of nitrogens with two attached hydrogens (primary N) is 1. The number of hydrogen-bond donors (Lipinski definition) is 1. The average Bonchev–Trinajstić information content (AvgIpc) is 2.17. The second-order valence-electron chi connectivity index (χ2n) is 3.57. The lowest BCUT2D eigenvalue weighted by molar-refractivity contribution is 0.327. The lowest BCUT2D eigenvalue weighted by Crippen LogP contribution is -2.22. The van der Waals surface area contributed by atoms with Crippen LogP contribution in [0.25, 0.3) is 0 Å². The van der Waals surface area contributed by atoms with E-state index in [2.05, 4.69) is 13.8 Å². The van der Waals surface area contributed by atoms with Gasteiger partial charge in [-0.3, -0.25) is 0 Å². The van der Waals surface area contributed by atoms with E-state index in [-0.39, 0.29) is 0 Å². The summed E-state index contributed by atoms with van der Waals surface area (Å²) in [4.78, 5) is 0. The fourth-order valence-electron chi connectivity index (χ4n) is 1.41. The van der Waals surface area contributed by atoms with Gasteiger partial charge in [-0.15, -0.1) is 0 Å². The number of hydrogen-bond acceptors (Lipinski definition) is 2. The zero-order chi connectivity index (χ0) is 9.94. The predicted molar refractivity (Wildman–Crippen MR) is 60.2 cm³/mol. The Hall–Kier alpha value is -0.0151. The van der Waals surface area contributed by atoms with Crippen LogP contribution in [-0.4, -0.2) is 20.1 Å². The molecule has 78 valence electrons. The first kappa shape index (κ1) is 13.0. The molecule has 0 amide bonds. The predicted octanol–water partition coefficient (Wildman–Crippen LogP) is 2.55. The summed E-state index contributed by atoms with van der Waals surface area (Å²) >= 11 is 0. The molecule has 0 radical (unpaired) electrons. The van der Waals surface area contributed by atoms with Crippen molar-refractivity contribution in [2.45, 2.75) is 52.2 Å². The minimum Gasteiger partial charge on any atom is -0.435 e. The van der Waals surface area contributed by atoms with Crippen molar-refractivity contribution in [3.63, 3.8) is 0 Å². The second kappa shape index (κ2) is 10.1. The Balaban J connectivity index is 3.47. The van der Waals surface area contributed by atoms with Crippen LogP contribution >= 0.6 is 0 Å². The Labute approximate surface area is 83.3 Å². The third kappa shape index (κ3) is 8.32. The van der Waals surface area contributed by atoms with Crippen molar-refractivity contribution >= 4 is 6.92 Å². The van der Waals surface area contributed by atoms with Gasteiger partial charge in [-0.1, -0.05) is 39.5 Å².